The number of esters is 1. The van der Waals surface area contributed by atoms with Crippen LogP contribution < -0.4 is 5.32 Å². The molecule has 0 atom stereocenters. The van der Waals surface area contributed by atoms with Crippen LogP contribution in [0.15, 0.2) is 66.7 Å². The van der Waals surface area contributed by atoms with Crippen LogP contribution in [0.3, 0.4) is 0 Å². The number of nitrogens with one attached hydrogen (secondary N) is 1. The highest BCUT2D eigenvalue weighted by molar-refractivity contribution is 6.15. The van der Waals surface area contributed by atoms with Crippen LogP contribution in [-0.2, 0) is 4.74 Å². The standard InChI is InChI=1S/C30H30N2O3/c1-5-6-16-35-30(34)23-12-14-24(15-13-23)31-29(33)26-21(4)28(22-10-8-7-9-11-22)32-27-20(3)17-19(2)18-25(26)27/h7-15,17-18H,5-6,16H2,1-4H3,(H,31,33). The molecule has 0 unspecified atom stereocenters. The topological polar surface area (TPSA) is 68.3 Å². The first-order valence-corrected chi connectivity index (χ1v) is 11.9. The zero-order chi connectivity index (χ0) is 24.9. The number of nitrogens with zero attached hydrogens (tertiary/aromatic N) is 1. The van der Waals surface area contributed by atoms with Crippen molar-refractivity contribution in [3.63, 3.8) is 0 Å². The number of benzene rings is 3. The van der Waals surface area contributed by atoms with Crippen LogP contribution in [0.25, 0.3) is 22.2 Å². The van der Waals surface area contributed by atoms with Crippen molar-refractivity contribution in [1.82, 2.24) is 4.98 Å². The number of anilines is 1. The van der Waals surface area contributed by atoms with E-state index in [0.29, 0.717) is 23.4 Å². The molecule has 5 heteroatoms. The van der Waals surface area contributed by atoms with Crippen LogP contribution in [0, 0.1) is 20.8 Å². The Hall–Kier alpha value is -3.99. The molecular formula is C30H30N2O3. The largest absolute Gasteiger partial charge is 0.462 e. The minimum atomic E-state index is -0.356. The summed E-state index contributed by atoms with van der Waals surface area (Å²) in [6.45, 7) is 8.44. The molecular weight excluding hydrogens is 436 g/mol. The summed E-state index contributed by atoms with van der Waals surface area (Å²) in [5, 5.41) is 3.84. The highest BCUT2D eigenvalue weighted by Crippen LogP contribution is 2.32. The summed E-state index contributed by atoms with van der Waals surface area (Å²) in [7, 11) is 0. The van der Waals surface area contributed by atoms with Gasteiger partial charge in [-0.2, -0.15) is 0 Å². The van der Waals surface area contributed by atoms with Crippen molar-refractivity contribution in [3.8, 4) is 11.3 Å². The molecule has 0 bridgehead atoms. The SMILES string of the molecule is CCCCOC(=O)c1ccc(NC(=O)c2c(C)c(-c3ccccc3)nc3c(C)cc(C)cc23)cc1. The molecule has 1 aromatic heterocycles. The molecule has 178 valence electrons. The number of pyridine rings is 1. The van der Waals surface area contributed by atoms with Crippen molar-refractivity contribution in [2.24, 2.45) is 0 Å². The second-order valence-corrected chi connectivity index (χ2v) is 8.83. The second-order valence-electron chi connectivity index (χ2n) is 8.83. The molecule has 1 N–H and O–H groups in total. The lowest BCUT2D eigenvalue weighted by Gasteiger charge is -2.17. The lowest BCUT2D eigenvalue weighted by atomic mass is 9.94. The third-order valence-corrected chi connectivity index (χ3v) is 6.05. The monoisotopic (exact) mass is 466 g/mol. The van der Waals surface area contributed by atoms with Gasteiger partial charge in [-0.05, 0) is 68.7 Å². The van der Waals surface area contributed by atoms with Crippen LogP contribution in [0.2, 0.25) is 0 Å². The Kier molecular flexibility index (Phi) is 7.25. The number of ether oxygens (including phenoxy) is 1. The van der Waals surface area contributed by atoms with E-state index in [1.165, 1.54) is 0 Å². The average Bonchev–Trinajstić information content (AvgIpc) is 2.84. The Labute approximate surface area is 206 Å². The van der Waals surface area contributed by atoms with Gasteiger partial charge in [0.1, 0.15) is 0 Å². The van der Waals surface area contributed by atoms with Gasteiger partial charge < -0.3 is 10.1 Å². The third-order valence-electron chi connectivity index (χ3n) is 6.05. The van der Waals surface area contributed by atoms with Gasteiger partial charge in [-0.15, -0.1) is 0 Å². The van der Waals surface area contributed by atoms with Crippen molar-refractivity contribution < 1.29 is 14.3 Å². The maximum absolute atomic E-state index is 13.6. The summed E-state index contributed by atoms with van der Waals surface area (Å²) in [6.07, 6.45) is 1.80. The number of hydrogen-bond acceptors (Lipinski definition) is 4. The maximum Gasteiger partial charge on any atom is 0.338 e. The quantitative estimate of drug-likeness (QED) is 0.234. The van der Waals surface area contributed by atoms with Gasteiger partial charge in [0.25, 0.3) is 5.91 Å². The number of carbonyl (C=O) groups excluding carboxylic acids is 2. The highest BCUT2D eigenvalue weighted by Gasteiger charge is 2.20. The number of unbranched alkanes of at least 4 members (excludes halogenated alkanes) is 1. The number of amides is 1. The first kappa shape index (κ1) is 24.1. The molecule has 0 saturated heterocycles. The normalized spacial score (nSPS) is 10.9. The Morgan fingerprint density at radius 2 is 1.66 bits per heavy atom. The van der Waals surface area contributed by atoms with E-state index in [1.807, 2.05) is 64.1 Å². The predicted molar refractivity (Wildman–Crippen MR) is 141 cm³/mol. The summed E-state index contributed by atoms with van der Waals surface area (Å²) >= 11 is 0. The van der Waals surface area contributed by atoms with Crippen LogP contribution >= 0.6 is 0 Å². The number of rotatable bonds is 7. The molecule has 0 aliphatic rings. The van der Waals surface area contributed by atoms with E-state index in [2.05, 4.69) is 11.4 Å². The first-order valence-electron chi connectivity index (χ1n) is 11.9. The van der Waals surface area contributed by atoms with Crippen LogP contribution in [0.1, 0.15) is 57.2 Å². The first-order chi connectivity index (χ1) is 16.9. The Balaban J connectivity index is 1.70. The van der Waals surface area contributed by atoms with Crippen molar-refractivity contribution >= 4 is 28.5 Å². The van der Waals surface area contributed by atoms with Gasteiger partial charge in [-0.3, -0.25) is 4.79 Å². The highest BCUT2D eigenvalue weighted by atomic mass is 16.5. The van der Waals surface area contributed by atoms with Crippen molar-refractivity contribution in [1.29, 1.82) is 0 Å². The molecule has 35 heavy (non-hydrogen) atoms. The van der Waals surface area contributed by atoms with E-state index < -0.39 is 0 Å². The predicted octanol–water partition coefficient (Wildman–Crippen LogP) is 7.04. The van der Waals surface area contributed by atoms with E-state index in [4.69, 9.17) is 9.72 Å². The van der Waals surface area contributed by atoms with Crippen molar-refractivity contribution in [2.45, 2.75) is 40.5 Å². The molecule has 0 aliphatic carbocycles. The Morgan fingerprint density at radius 3 is 2.34 bits per heavy atom. The zero-order valence-corrected chi connectivity index (χ0v) is 20.6. The molecule has 4 rings (SSSR count). The lowest BCUT2D eigenvalue weighted by molar-refractivity contribution is 0.0499. The average molecular weight is 467 g/mol. The van der Waals surface area contributed by atoms with Crippen molar-refractivity contribution in [2.75, 3.05) is 11.9 Å². The molecule has 0 radical (unpaired) electrons. The number of carbonyl (C=O) groups is 2. The molecule has 3 aromatic carbocycles. The lowest BCUT2D eigenvalue weighted by Crippen LogP contribution is -2.16. The fraction of sp³-hybridized carbons (Fsp3) is 0.233. The summed E-state index contributed by atoms with van der Waals surface area (Å²) in [4.78, 5) is 30.8. The van der Waals surface area contributed by atoms with Gasteiger partial charge in [0, 0.05) is 16.6 Å². The van der Waals surface area contributed by atoms with E-state index >= 15 is 0 Å². The molecule has 5 nitrogen and oxygen atoms in total. The Morgan fingerprint density at radius 1 is 0.943 bits per heavy atom. The summed E-state index contributed by atoms with van der Waals surface area (Å²) in [5.74, 6) is -0.568. The van der Waals surface area contributed by atoms with Crippen LogP contribution in [-0.4, -0.2) is 23.5 Å². The zero-order valence-electron chi connectivity index (χ0n) is 20.6. The summed E-state index contributed by atoms with van der Waals surface area (Å²) in [6, 6.07) is 20.8. The third kappa shape index (κ3) is 5.24. The fourth-order valence-electron chi connectivity index (χ4n) is 4.26. The molecule has 4 aromatic rings. The minimum Gasteiger partial charge on any atom is -0.462 e. The summed E-state index contributed by atoms with van der Waals surface area (Å²) < 4.78 is 5.27. The van der Waals surface area contributed by atoms with E-state index in [1.54, 1.807) is 24.3 Å². The van der Waals surface area contributed by atoms with Gasteiger partial charge in [-0.1, -0.05) is 55.3 Å². The van der Waals surface area contributed by atoms with E-state index in [-0.39, 0.29) is 11.9 Å². The van der Waals surface area contributed by atoms with Crippen molar-refractivity contribution in [3.05, 3.63) is 94.5 Å². The van der Waals surface area contributed by atoms with Gasteiger partial charge in [0.2, 0.25) is 0 Å². The molecule has 0 saturated carbocycles. The number of hydrogen-bond donors (Lipinski definition) is 1. The Bertz CT molecular complexity index is 1380. The molecule has 1 amide bonds. The minimum absolute atomic E-state index is 0.213. The fourth-order valence-corrected chi connectivity index (χ4v) is 4.26. The molecule has 0 fully saturated rings. The van der Waals surface area contributed by atoms with E-state index in [0.717, 1.165) is 51.7 Å². The van der Waals surface area contributed by atoms with Gasteiger partial charge in [0.15, 0.2) is 0 Å². The summed E-state index contributed by atoms with van der Waals surface area (Å²) in [5.41, 5.74) is 7.16. The van der Waals surface area contributed by atoms with E-state index in [9.17, 15) is 9.59 Å². The number of aryl methyl sites for hydroxylation is 2. The number of fused-ring (bicyclic) bond motifs is 1. The van der Waals surface area contributed by atoms with Crippen LogP contribution in [0.4, 0.5) is 5.69 Å². The van der Waals surface area contributed by atoms with Gasteiger partial charge in [-0.25, -0.2) is 9.78 Å². The molecule has 0 spiro atoms. The van der Waals surface area contributed by atoms with Gasteiger partial charge in [0.05, 0.1) is 28.9 Å². The molecule has 0 aliphatic heterocycles. The van der Waals surface area contributed by atoms with Crippen LogP contribution in [0.5, 0.6) is 0 Å². The second kappa shape index (κ2) is 10.5. The van der Waals surface area contributed by atoms with Gasteiger partial charge >= 0.3 is 5.97 Å². The number of aromatic nitrogens is 1. The smallest absolute Gasteiger partial charge is 0.338 e. The maximum atomic E-state index is 13.6. The molecule has 1 heterocycles.